The Labute approximate surface area is 187 Å². The predicted molar refractivity (Wildman–Crippen MR) is 125 cm³/mol. The number of halogens is 1. The molecule has 2 heterocycles. The zero-order valence-electron chi connectivity index (χ0n) is 17.4. The quantitative estimate of drug-likeness (QED) is 0.246. The normalized spacial score (nSPS) is 12.0. The number of ether oxygens (including phenoxy) is 2. The zero-order valence-corrected chi connectivity index (χ0v) is 19.8. The summed E-state index contributed by atoms with van der Waals surface area (Å²) in [6.45, 7) is 1.16. The SMILES string of the molecule is CS(C)(C)CCOCn1cc(C(=O)OCc2ccccc2)nc1-c1ccc(Br)nc1. The van der Waals surface area contributed by atoms with E-state index in [-0.39, 0.29) is 12.3 Å². The van der Waals surface area contributed by atoms with E-state index in [1.165, 1.54) is 0 Å². The maximum Gasteiger partial charge on any atom is 0.358 e. The molecule has 0 saturated heterocycles. The molecule has 3 aromatic rings. The average Bonchev–Trinajstić information content (AvgIpc) is 3.14. The largest absolute Gasteiger partial charge is 0.456 e. The smallest absolute Gasteiger partial charge is 0.358 e. The van der Waals surface area contributed by atoms with Crippen LogP contribution in [-0.2, 0) is 22.8 Å². The summed E-state index contributed by atoms with van der Waals surface area (Å²) in [5.74, 6) is 1.16. The molecule has 0 spiro atoms. The fraction of sp³-hybridized carbons (Fsp3) is 0.318. The van der Waals surface area contributed by atoms with E-state index in [2.05, 4.69) is 44.7 Å². The van der Waals surface area contributed by atoms with Crippen LogP contribution >= 0.6 is 26.0 Å². The van der Waals surface area contributed by atoms with Gasteiger partial charge in [-0.3, -0.25) is 0 Å². The summed E-state index contributed by atoms with van der Waals surface area (Å²) in [6, 6.07) is 13.3. The third-order valence-corrected chi connectivity index (χ3v) is 6.11. The molecule has 0 aliphatic carbocycles. The number of rotatable bonds is 9. The van der Waals surface area contributed by atoms with E-state index in [0.717, 1.165) is 21.5 Å². The monoisotopic (exact) mass is 491 g/mol. The van der Waals surface area contributed by atoms with Gasteiger partial charge in [-0.1, -0.05) is 30.3 Å². The number of esters is 1. The van der Waals surface area contributed by atoms with Gasteiger partial charge < -0.3 is 14.0 Å². The van der Waals surface area contributed by atoms with Crippen molar-refractivity contribution in [1.29, 1.82) is 0 Å². The van der Waals surface area contributed by atoms with Crippen molar-refractivity contribution in [3.05, 3.63) is 70.7 Å². The Kier molecular flexibility index (Phi) is 7.69. The van der Waals surface area contributed by atoms with Crippen LogP contribution in [0, 0.1) is 0 Å². The van der Waals surface area contributed by atoms with Crippen LogP contribution in [0.1, 0.15) is 16.1 Å². The highest BCUT2D eigenvalue weighted by molar-refractivity contribution is 9.10. The van der Waals surface area contributed by atoms with E-state index in [9.17, 15) is 4.79 Å². The van der Waals surface area contributed by atoms with Crippen molar-refractivity contribution in [1.82, 2.24) is 14.5 Å². The van der Waals surface area contributed by atoms with E-state index in [4.69, 9.17) is 9.47 Å². The third kappa shape index (κ3) is 6.68. The second-order valence-corrected chi connectivity index (χ2v) is 13.1. The van der Waals surface area contributed by atoms with Gasteiger partial charge >= 0.3 is 5.97 Å². The van der Waals surface area contributed by atoms with Gasteiger partial charge in [-0.2, -0.15) is 0 Å². The molecule has 3 rings (SSSR count). The summed E-state index contributed by atoms with van der Waals surface area (Å²) in [6.07, 6.45) is 10.2. The van der Waals surface area contributed by atoms with Crippen LogP contribution in [0.4, 0.5) is 0 Å². The number of pyridine rings is 1. The minimum absolute atomic E-state index is 0.201. The second-order valence-electron chi connectivity index (χ2n) is 7.68. The van der Waals surface area contributed by atoms with Crippen molar-refractivity contribution < 1.29 is 14.3 Å². The molecule has 1 aromatic carbocycles. The molecule has 0 aliphatic heterocycles. The van der Waals surface area contributed by atoms with Gasteiger partial charge in [0.2, 0.25) is 0 Å². The Morgan fingerprint density at radius 1 is 1.13 bits per heavy atom. The number of imidazole rings is 1. The Bertz CT molecular complexity index is 970. The minimum Gasteiger partial charge on any atom is -0.456 e. The predicted octanol–water partition coefficient (Wildman–Crippen LogP) is 4.73. The lowest BCUT2D eigenvalue weighted by Crippen LogP contribution is -2.10. The van der Waals surface area contributed by atoms with Gasteiger partial charge in [-0.15, -0.1) is 0 Å². The van der Waals surface area contributed by atoms with Crippen molar-refractivity contribution in [3.63, 3.8) is 0 Å². The Hall–Kier alpha value is -2.16. The first kappa shape index (κ1) is 22.5. The third-order valence-electron chi connectivity index (χ3n) is 4.25. The molecule has 8 heteroatoms. The van der Waals surface area contributed by atoms with Crippen LogP contribution < -0.4 is 0 Å². The molecule has 0 atom stereocenters. The average molecular weight is 492 g/mol. The molecule has 6 nitrogen and oxygen atoms in total. The molecule has 0 N–H and O–H groups in total. The maximum absolute atomic E-state index is 12.6. The standard InChI is InChI=1S/C22H26BrN3O3S/c1-30(2,3)12-11-28-16-26-14-19(22(27)29-15-17-7-5-4-6-8-17)25-21(26)18-9-10-20(23)24-13-18/h4-10,13-14H,11-12,15-16H2,1-3H3. The zero-order chi connectivity index (χ0) is 21.6. The highest BCUT2D eigenvalue weighted by Gasteiger charge is 2.17. The molecule has 0 unspecified atom stereocenters. The molecule has 0 aliphatic rings. The molecule has 0 radical (unpaired) electrons. The Morgan fingerprint density at radius 2 is 1.90 bits per heavy atom. The van der Waals surface area contributed by atoms with Crippen molar-refractivity contribution >= 4 is 31.9 Å². The summed E-state index contributed by atoms with van der Waals surface area (Å²) in [5.41, 5.74) is 1.97. The van der Waals surface area contributed by atoms with Crippen LogP contribution in [0.15, 0.2) is 59.5 Å². The van der Waals surface area contributed by atoms with Gasteiger partial charge in [0.05, 0.1) is 6.61 Å². The summed E-state index contributed by atoms with van der Waals surface area (Å²) in [7, 11) is -0.627. The van der Waals surface area contributed by atoms with Crippen LogP contribution in [0.3, 0.4) is 0 Å². The van der Waals surface area contributed by atoms with Crippen LogP contribution in [0.25, 0.3) is 11.4 Å². The molecule has 30 heavy (non-hydrogen) atoms. The fourth-order valence-corrected chi connectivity index (χ4v) is 3.47. The molecule has 0 amide bonds. The molecular formula is C22H26BrN3O3S. The fourth-order valence-electron chi connectivity index (χ4n) is 2.62. The molecule has 2 aromatic heterocycles. The first-order chi connectivity index (χ1) is 14.3. The van der Waals surface area contributed by atoms with E-state index >= 15 is 0 Å². The highest BCUT2D eigenvalue weighted by Crippen LogP contribution is 2.33. The van der Waals surface area contributed by atoms with Crippen LogP contribution in [0.2, 0.25) is 0 Å². The Balaban J connectivity index is 1.74. The lowest BCUT2D eigenvalue weighted by Gasteiger charge is -2.24. The lowest BCUT2D eigenvalue weighted by molar-refractivity contribution is 0.0465. The number of hydrogen-bond donors (Lipinski definition) is 0. The molecule has 160 valence electrons. The lowest BCUT2D eigenvalue weighted by atomic mass is 10.2. The van der Waals surface area contributed by atoms with Crippen molar-refractivity contribution in [2.45, 2.75) is 13.3 Å². The van der Waals surface area contributed by atoms with Gasteiger partial charge in [-0.25, -0.2) is 24.8 Å². The van der Waals surface area contributed by atoms with Crippen molar-refractivity contribution in [2.75, 3.05) is 31.1 Å². The number of carbonyl (C=O) groups excluding carboxylic acids is 1. The topological polar surface area (TPSA) is 66.2 Å². The van der Waals surface area contributed by atoms with Crippen molar-refractivity contribution in [3.8, 4) is 11.4 Å². The maximum atomic E-state index is 12.6. The second kappa shape index (κ2) is 10.2. The van der Waals surface area contributed by atoms with Gasteiger partial charge in [0.1, 0.15) is 23.8 Å². The summed E-state index contributed by atoms with van der Waals surface area (Å²) in [5, 5.41) is 0. The van der Waals surface area contributed by atoms with E-state index < -0.39 is 16.0 Å². The van der Waals surface area contributed by atoms with E-state index in [0.29, 0.717) is 19.2 Å². The molecular weight excluding hydrogens is 466 g/mol. The number of carbonyl (C=O) groups is 1. The van der Waals surface area contributed by atoms with E-state index in [1.807, 2.05) is 47.0 Å². The summed E-state index contributed by atoms with van der Waals surface area (Å²) < 4.78 is 13.9. The number of aromatic nitrogens is 3. The van der Waals surface area contributed by atoms with Gasteiger partial charge in [0.15, 0.2) is 5.69 Å². The first-order valence-electron chi connectivity index (χ1n) is 9.46. The summed E-state index contributed by atoms with van der Waals surface area (Å²) in [4.78, 5) is 21.3. The van der Waals surface area contributed by atoms with Gasteiger partial charge in [-0.05, 0) is 52.4 Å². The summed E-state index contributed by atoms with van der Waals surface area (Å²) >= 11 is 3.34. The molecule has 0 bridgehead atoms. The van der Waals surface area contributed by atoms with Gasteiger partial charge in [0.25, 0.3) is 0 Å². The van der Waals surface area contributed by atoms with Crippen molar-refractivity contribution in [2.24, 2.45) is 0 Å². The molecule has 0 fully saturated rings. The number of benzene rings is 1. The van der Waals surface area contributed by atoms with Gasteiger partial charge in [0, 0.05) is 23.7 Å². The Morgan fingerprint density at radius 3 is 2.57 bits per heavy atom. The van der Waals surface area contributed by atoms with Crippen LogP contribution in [-0.4, -0.2) is 51.6 Å². The molecule has 0 saturated carbocycles. The number of nitrogens with zero attached hydrogens (tertiary/aromatic N) is 3. The number of hydrogen-bond acceptors (Lipinski definition) is 5. The minimum atomic E-state index is -0.627. The first-order valence-corrected chi connectivity index (χ1v) is 13.3. The van der Waals surface area contributed by atoms with Crippen LogP contribution in [0.5, 0.6) is 0 Å². The van der Waals surface area contributed by atoms with E-state index in [1.54, 1.807) is 12.4 Å². The highest BCUT2D eigenvalue weighted by atomic mass is 79.9.